The number of anilines is 1. The third-order valence-electron chi connectivity index (χ3n) is 2.41. The van der Waals surface area contributed by atoms with Gasteiger partial charge in [-0.1, -0.05) is 12.1 Å². The van der Waals surface area contributed by atoms with E-state index in [0.717, 1.165) is 5.56 Å². The number of ether oxygens (including phenoxy) is 1. The first kappa shape index (κ1) is 13.3. The van der Waals surface area contributed by atoms with E-state index >= 15 is 0 Å². The topological polar surface area (TPSA) is 78.3 Å². The summed E-state index contributed by atoms with van der Waals surface area (Å²) in [6.07, 6.45) is 2.30. The van der Waals surface area contributed by atoms with Gasteiger partial charge >= 0.3 is 0 Å². The Morgan fingerprint density at radius 1 is 1.59 bits per heavy atom. The van der Waals surface area contributed by atoms with Crippen LogP contribution in [-0.2, 0) is 11.2 Å². The summed E-state index contributed by atoms with van der Waals surface area (Å²) >= 11 is 0. The summed E-state index contributed by atoms with van der Waals surface area (Å²) in [7, 11) is 0. The summed E-state index contributed by atoms with van der Waals surface area (Å²) in [4.78, 5) is 11.3. The van der Waals surface area contributed by atoms with E-state index in [1.807, 2.05) is 13.0 Å². The minimum absolute atomic E-state index is 0.00488. The Balaban J connectivity index is 2.82. The molecule has 4 heteroatoms. The Bertz CT molecular complexity index is 416. The predicted molar refractivity (Wildman–Crippen MR) is 68.7 cm³/mol. The van der Waals surface area contributed by atoms with E-state index in [9.17, 15) is 4.79 Å². The lowest BCUT2D eigenvalue weighted by molar-refractivity contribution is 0.0882. The first-order valence-corrected chi connectivity index (χ1v) is 5.45. The first-order valence-electron chi connectivity index (χ1n) is 5.45. The van der Waals surface area contributed by atoms with E-state index < -0.39 is 5.91 Å². The average Bonchev–Trinajstić information content (AvgIpc) is 2.28. The summed E-state index contributed by atoms with van der Waals surface area (Å²) in [6, 6.07) is 5.16. The largest absolute Gasteiger partial charge is 0.399 e. The molecule has 0 aliphatic rings. The normalized spacial score (nSPS) is 12.1. The van der Waals surface area contributed by atoms with Crippen LogP contribution in [-0.4, -0.2) is 18.6 Å². The molecular formula is C13H18N2O2. The third-order valence-corrected chi connectivity index (χ3v) is 2.41. The van der Waals surface area contributed by atoms with Gasteiger partial charge in [-0.15, -0.1) is 6.58 Å². The summed E-state index contributed by atoms with van der Waals surface area (Å²) in [5, 5.41) is 0. The van der Waals surface area contributed by atoms with Gasteiger partial charge in [-0.05, 0) is 31.0 Å². The molecule has 0 saturated heterocycles. The maximum atomic E-state index is 11.3. The molecular weight excluding hydrogens is 216 g/mol. The number of benzene rings is 1. The number of rotatable bonds is 6. The number of amides is 1. The summed E-state index contributed by atoms with van der Waals surface area (Å²) < 4.78 is 5.46. The molecule has 17 heavy (non-hydrogen) atoms. The van der Waals surface area contributed by atoms with Gasteiger partial charge in [0, 0.05) is 11.3 Å². The second-order valence-electron chi connectivity index (χ2n) is 3.92. The van der Waals surface area contributed by atoms with E-state index in [-0.39, 0.29) is 6.10 Å². The summed E-state index contributed by atoms with van der Waals surface area (Å²) in [6.45, 7) is 6.00. The predicted octanol–water partition coefficient (Wildman–Crippen LogP) is 1.50. The molecule has 1 aromatic carbocycles. The zero-order chi connectivity index (χ0) is 12.8. The second kappa shape index (κ2) is 6.06. The molecule has 0 fully saturated rings. The van der Waals surface area contributed by atoms with E-state index in [0.29, 0.717) is 24.3 Å². The van der Waals surface area contributed by atoms with Gasteiger partial charge in [-0.3, -0.25) is 4.79 Å². The van der Waals surface area contributed by atoms with Crippen LogP contribution in [0.4, 0.5) is 5.69 Å². The van der Waals surface area contributed by atoms with Crippen molar-refractivity contribution in [2.45, 2.75) is 19.4 Å². The lowest BCUT2D eigenvalue weighted by Gasteiger charge is -2.14. The molecule has 4 nitrogen and oxygen atoms in total. The Labute approximate surface area is 101 Å². The van der Waals surface area contributed by atoms with Gasteiger partial charge in [0.15, 0.2) is 0 Å². The number of hydrogen-bond donors (Lipinski definition) is 2. The van der Waals surface area contributed by atoms with Crippen molar-refractivity contribution in [1.82, 2.24) is 0 Å². The van der Waals surface area contributed by atoms with Crippen molar-refractivity contribution in [1.29, 1.82) is 0 Å². The smallest absolute Gasteiger partial charge is 0.249 e. The van der Waals surface area contributed by atoms with Crippen molar-refractivity contribution in [2.24, 2.45) is 5.73 Å². The van der Waals surface area contributed by atoms with Gasteiger partial charge in [0.2, 0.25) is 5.91 Å². The average molecular weight is 234 g/mol. The maximum Gasteiger partial charge on any atom is 0.249 e. The number of carbonyl (C=O) groups is 1. The molecule has 92 valence electrons. The van der Waals surface area contributed by atoms with E-state index in [2.05, 4.69) is 6.58 Å². The highest BCUT2D eigenvalue weighted by atomic mass is 16.5. The van der Waals surface area contributed by atoms with E-state index in [1.54, 1.807) is 18.2 Å². The highest BCUT2D eigenvalue weighted by Gasteiger charge is 2.11. The van der Waals surface area contributed by atoms with Crippen LogP contribution in [0.25, 0.3) is 0 Å². The zero-order valence-corrected chi connectivity index (χ0v) is 9.98. The number of carbonyl (C=O) groups excluding carboxylic acids is 1. The summed E-state index contributed by atoms with van der Waals surface area (Å²) in [5.41, 5.74) is 12.8. The SMILES string of the molecule is C=CCOC(C)Cc1ccc(N)cc1C(N)=O. The van der Waals surface area contributed by atoms with Gasteiger partial charge in [-0.25, -0.2) is 0 Å². The monoisotopic (exact) mass is 234 g/mol. The highest BCUT2D eigenvalue weighted by Crippen LogP contribution is 2.16. The van der Waals surface area contributed by atoms with Crippen LogP contribution in [0.15, 0.2) is 30.9 Å². The number of primary amides is 1. The lowest BCUT2D eigenvalue weighted by atomic mass is 10.0. The van der Waals surface area contributed by atoms with Crippen molar-refractivity contribution in [3.63, 3.8) is 0 Å². The van der Waals surface area contributed by atoms with Gasteiger partial charge in [0.1, 0.15) is 0 Å². The van der Waals surface area contributed by atoms with Crippen molar-refractivity contribution < 1.29 is 9.53 Å². The molecule has 0 bridgehead atoms. The molecule has 1 rings (SSSR count). The van der Waals surface area contributed by atoms with Crippen molar-refractivity contribution in [2.75, 3.05) is 12.3 Å². The van der Waals surface area contributed by atoms with Crippen LogP contribution in [0.3, 0.4) is 0 Å². The Kier molecular flexibility index (Phi) is 4.72. The summed E-state index contributed by atoms with van der Waals surface area (Å²) in [5.74, 6) is -0.469. The first-order chi connectivity index (χ1) is 8.04. The standard InChI is InChI=1S/C13H18N2O2/c1-3-6-17-9(2)7-10-4-5-11(14)8-12(10)13(15)16/h3-5,8-9H,1,6-7,14H2,2H3,(H2,15,16). The van der Waals surface area contributed by atoms with Gasteiger partial charge in [-0.2, -0.15) is 0 Å². The molecule has 0 saturated carbocycles. The number of hydrogen-bond acceptors (Lipinski definition) is 3. The minimum atomic E-state index is -0.469. The van der Waals surface area contributed by atoms with Crippen LogP contribution >= 0.6 is 0 Å². The van der Waals surface area contributed by atoms with Crippen LogP contribution < -0.4 is 11.5 Å². The van der Waals surface area contributed by atoms with E-state index in [1.165, 1.54) is 0 Å². The van der Waals surface area contributed by atoms with Crippen molar-refractivity contribution >= 4 is 11.6 Å². The molecule has 1 atom stereocenters. The quantitative estimate of drug-likeness (QED) is 0.578. The zero-order valence-electron chi connectivity index (χ0n) is 9.98. The lowest BCUT2D eigenvalue weighted by Crippen LogP contribution is -2.18. The Hall–Kier alpha value is -1.81. The Morgan fingerprint density at radius 3 is 2.88 bits per heavy atom. The molecule has 0 aromatic heterocycles. The fraction of sp³-hybridized carbons (Fsp3) is 0.308. The van der Waals surface area contributed by atoms with Crippen LogP contribution in [0.2, 0.25) is 0 Å². The maximum absolute atomic E-state index is 11.3. The molecule has 0 heterocycles. The Morgan fingerprint density at radius 2 is 2.29 bits per heavy atom. The van der Waals surface area contributed by atoms with Crippen LogP contribution in [0.5, 0.6) is 0 Å². The molecule has 1 aromatic rings. The van der Waals surface area contributed by atoms with Crippen molar-refractivity contribution in [3.05, 3.63) is 42.0 Å². The van der Waals surface area contributed by atoms with Crippen LogP contribution in [0.1, 0.15) is 22.8 Å². The molecule has 1 unspecified atom stereocenters. The molecule has 1 amide bonds. The van der Waals surface area contributed by atoms with E-state index in [4.69, 9.17) is 16.2 Å². The fourth-order valence-electron chi connectivity index (χ4n) is 1.60. The molecule has 0 aliphatic carbocycles. The minimum Gasteiger partial charge on any atom is -0.399 e. The molecule has 0 spiro atoms. The van der Waals surface area contributed by atoms with Gasteiger partial charge in [0.05, 0.1) is 12.7 Å². The van der Waals surface area contributed by atoms with Gasteiger partial charge in [0.25, 0.3) is 0 Å². The molecule has 0 aliphatic heterocycles. The number of nitrogen functional groups attached to an aromatic ring is 1. The molecule has 0 radical (unpaired) electrons. The second-order valence-corrected chi connectivity index (χ2v) is 3.92. The fourth-order valence-corrected chi connectivity index (χ4v) is 1.60. The van der Waals surface area contributed by atoms with Crippen molar-refractivity contribution in [3.8, 4) is 0 Å². The number of nitrogens with two attached hydrogens (primary N) is 2. The van der Waals surface area contributed by atoms with Crippen LogP contribution in [0, 0.1) is 0 Å². The molecule has 4 N–H and O–H groups in total. The highest BCUT2D eigenvalue weighted by molar-refractivity contribution is 5.95. The third kappa shape index (κ3) is 3.92. The van der Waals surface area contributed by atoms with Gasteiger partial charge < -0.3 is 16.2 Å².